The van der Waals surface area contributed by atoms with Crippen molar-refractivity contribution in [2.75, 3.05) is 31.2 Å². The van der Waals surface area contributed by atoms with Crippen molar-refractivity contribution in [2.24, 2.45) is 0 Å². The van der Waals surface area contributed by atoms with Gasteiger partial charge in [0.05, 0.1) is 24.3 Å². The molecule has 2 aliphatic rings. The highest BCUT2D eigenvalue weighted by atomic mass is 16.6. The molecule has 0 spiro atoms. The highest BCUT2D eigenvalue weighted by Crippen LogP contribution is 2.31. The number of phenolic OH excluding ortho intramolecular Hbond substituents is 1. The molecule has 2 aromatic carbocycles. The van der Waals surface area contributed by atoms with Gasteiger partial charge in [-0.25, -0.2) is 4.79 Å². The molecular weight excluding hydrogens is 414 g/mol. The molecule has 2 aliphatic heterocycles. The molecule has 2 heterocycles. The largest absolute Gasteiger partial charge is 0.507 e. The van der Waals surface area contributed by atoms with Crippen LogP contribution in [0.3, 0.4) is 0 Å². The number of aliphatic hydroxyl groups excluding tert-OH is 1. The van der Waals surface area contributed by atoms with E-state index < -0.39 is 36.2 Å². The molecule has 2 fully saturated rings. The highest BCUT2D eigenvalue weighted by Gasteiger charge is 2.49. The van der Waals surface area contributed by atoms with Gasteiger partial charge in [-0.2, -0.15) is 0 Å². The Morgan fingerprint density at radius 1 is 1.00 bits per heavy atom. The average Bonchev–Trinajstić information content (AvgIpc) is 3.37. The van der Waals surface area contributed by atoms with Crippen LogP contribution in [0, 0.1) is 0 Å². The van der Waals surface area contributed by atoms with E-state index in [0.29, 0.717) is 0 Å². The van der Waals surface area contributed by atoms with Crippen LogP contribution in [0.1, 0.15) is 40.1 Å². The molecule has 0 saturated carbocycles. The summed E-state index contributed by atoms with van der Waals surface area (Å²) in [7, 11) is 0. The quantitative estimate of drug-likeness (QED) is 0.498. The standard InChI is InChI=1S/C24H27NO7/c1-3-25(4-2)14-9-10-17(18(26)11-14)21(28)15-7-5-6-8-16(15)24(29)32-20-13-31-22-19(27)12-30-23(20)22/h5-11,19-20,22-23,26-27H,3-4,12-13H2,1-2H3/t19-,20+,22?,23?/m0/s1. The van der Waals surface area contributed by atoms with Gasteiger partial charge in [0.15, 0.2) is 11.9 Å². The fraction of sp³-hybridized carbons (Fsp3) is 0.417. The predicted octanol–water partition coefficient (Wildman–Crippen LogP) is 2.15. The fourth-order valence-electron chi connectivity index (χ4n) is 4.25. The Morgan fingerprint density at radius 2 is 1.69 bits per heavy atom. The lowest BCUT2D eigenvalue weighted by atomic mass is 9.97. The second kappa shape index (κ2) is 9.28. The first-order valence-electron chi connectivity index (χ1n) is 10.8. The minimum Gasteiger partial charge on any atom is -0.507 e. The van der Waals surface area contributed by atoms with Crippen LogP contribution in [0.5, 0.6) is 5.75 Å². The maximum absolute atomic E-state index is 13.2. The maximum Gasteiger partial charge on any atom is 0.339 e. The Labute approximate surface area is 186 Å². The van der Waals surface area contributed by atoms with Crippen LogP contribution >= 0.6 is 0 Å². The number of anilines is 1. The van der Waals surface area contributed by atoms with Gasteiger partial charge < -0.3 is 29.3 Å². The molecule has 8 nitrogen and oxygen atoms in total. The number of phenols is 1. The normalized spacial score (nSPS) is 24.2. The first-order valence-corrected chi connectivity index (χ1v) is 10.8. The smallest absolute Gasteiger partial charge is 0.339 e. The van der Waals surface area contributed by atoms with Crippen LogP contribution in [0.25, 0.3) is 0 Å². The van der Waals surface area contributed by atoms with Crippen LogP contribution < -0.4 is 4.90 Å². The number of fused-ring (bicyclic) bond motifs is 1. The minimum absolute atomic E-state index is 0.0896. The third-order valence-electron chi connectivity index (χ3n) is 5.99. The van der Waals surface area contributed by atoms with E-state index in [4.69, 9.17) is 14.2 Å². The number of hydrogen-bond donors (Lipinski definition) is 2. The summed E-state index contributed by atoms with van der Waals surface area (Å²) in [5, 5.41) is 20.4. The van der Waals surface area contributed by atoms with Crippen molar-refractivity contribution < 1.29 is 34.0 Å². The van der Waals surface area contributed by atoms with E-state index in [0.717, 1.165) is 18.8 Å². The zero-order valence-corrected chi connectivity index (χ0v) is 18.1. The summed E-state index contributed by atoms with van der Waals surface area (Å²) < 4.78 is 16.6. The van der Waals surface area contributed by atoms with Gasteiger partial charge in [-0.15, -0.1) is 0 Å². The van der Waals surface area contributed by atoms with Crippen molar-refractivity contribution in [1.82, 2.24) is 0 Å². The molecule has 170 valence electrons. The minimum atomic E-state index is -0.750. The summed E-state index contributed by atoms with van der Waals surface area (Å²) in [6.45, 7) is 5.80. The summed E-state index contributed by atoms with van der Waals surface area (Å²) >= 11 is 0. The lowest BCUT2D eigenvalue weighted by Crippen LogP contribution is -2.34. The number of carbonyl (C=O) groups is 2. The van der Waals surface area contributed by atoms with Gasteiger partial charge in [-0.05, 0) is 32.0 Å². The van der Waals surface area contributed by atoms with Gasteiger partial charge in [-0.1, -0.05) is 18.2 Å². The molecule has 0 bridgehead atoms. The number of ether oxygens (including phenoxy) is 3. The molecule has 2 aromatic rings. The molecule has 4 atom stereocenters. The van der Waals surface area contributed by atoms with Crippen molar-refractivity contribution in [3.63, 3.8) is 0 Å². The first kappa shape index (κ1) is 22.3. The molecule has 0 aliphatic carbocycles. The number of carbonyl (C=O) groups excluding carboxylic acids is 2. The van der Waals surface area contributed by atoms with Crippen LogP contribution in [-0.2, 0) is 14.2 Å². The Morgan fingerprint density at radius 3 is 2.38 bits per heavy atom. The van der Waals surface area contributed by atoms with Crippen LogP contribution in [0.2, 0.25) is 0 Å². The number of aliphatic hydroxyl groups is 1. The van der Waals surface area contributed by atoms with Crippen LogP contribution in [0.15, 0.2) is 42.5 Å². The Hall–Kier alpha value is -2.94. The second-order valence-electron chi connectivity index (χ2n) is 7.86. The van der Waals surface area contributed by atoms with E-state index in [1.165, 1.54) is 12.1 Å². The molecule has 2 saturated heterocycles. The van der Waals surface area contributed by atoms with Crippen molar-refractivity contribution in [3.05, 3.63) is 59.2 Å². The SMILES string of the molecule is CCN(CC)c1ccc(C(=O)c2ccccc2C(=O)O[C@@H]2COC3C2OC[C@@H]3O)c(O)c1. The molecule has 0 radical (unpaired) electrons. The van der Waals surface area contributed by atoms with Crippen molar-refractivity contribution in [1.29, 1.82) is 0 Å². The highest BCUT2D eigenvalue weighted by molar-refractivity contribution is 6.15. The zero-order valence-electron chi connectivity index (χ0n) is 18.1. The number of benzene rings is 2. The van der Waals surface area contributed by atoms with Gasteiger partial charge in [-0.3, -0.25) is 4.79 Å². The second-order valence-corrected chi connectivity index (χ2v) is 7.86. The number of aromatic hydroxyl groups is 1. The van der Waals surface area contributed by atoms with Crippen LogP contribution in [-0.4, -0.2) is 72.7 Å². The van der Waals surface area contributed by atoms with Gasteiger partial charge in [0.1, 0.15) is 24.1 Å². The Balaban J connectivity index is 1.56. The topological polar surface area (TPSA) is 106 Å². The number of nitrogens with zero attached hydrogens (tertiary/aromatic N) is 1. The molecule has 8 heteroatoms. The van der Waals surface area contributed by atoms with E-state index in [2.05, 4.69) is 4.90 Å². The predicted molar refractivity (Wildman–Crippen MR) is 116 cm³/mol. The summed E-state index contributed by atoms with van der Waals surface area (Å²) in [5.74, 6) is -1.32. The number of ketones is 1. The number of hydrogen-bond acceptors (Lipinski definition) is 8. The molecule has 4 rings (SSSR count). The summed E-state index contributed by atoms with van der Waals surface area (Å²) in [6.07, 6.45) is -2.48. The number of rotatable bonds is 7. The summed E-state index contributed by atoms with van der Waals surface area (Å²) in [5.41, 5.74) is 1.14. The van der Waals surface area contributed by atoms with Gasteiger partial charge in [0.2, 0.25) is 0 Å². The Kier molecular flexibility index (Phi) is 6.45. The van der Waals surface area contributed by atoms with Gasteiger partial charge in [0, 0.05) is 30.4 Å². The maximum atomic E-state index is 13.2. The summed E-state index contributed by atoms with van der Waals surface area (Å²) in [4.78, 5) is 28.2. The monoisotopic (exact) mass is 441 g/mol. The molecule has 2 unspecified atom stereocenters. The third kappa shape index (κ3) is 4.09. The molecule has 32 heavy (non-hydrogen) atoms. The number of esters is 1. The van der Waals surface area contributed by atoms with E-state index >= 15 is 0 Å². The van der Waals surface area contributed by atoms with Crippen molar-refractivity contribution in [2.45, 2.75) is 38.3 Å². The molecule has 0 aromatic heterocycles. The lowest BCUT2D eigenvalue weighted by molar-refractivity contribution is -0.0209. The first-order chi connectivity index (χ1) is 15.4. The lowest BCUT2D eigenvalue weighted by Gasteiger charge is -2.21. The Bertz CT molecular complexity index is 1000. The van der Waals surface area contributed by atoms with Crippen molar-refractivity contribution >= 4 is 17.4 Å². The van der Waals surface area contributed by atoms with E-state index in [1.807, 2.05) is 13.8 Å². The van der Waals surface area contributed by atoms with Gasteiger partial charge in [0.25, 0.3) is 0 Å². The third-order valence-corrected chi connectivity index (χ3v) is 5.99. The van der Waals surface area contributed by atoms with E-state index in [1.54, 1.807) is 30.3 Å². The van der Waals surface area contributed by atoms with E-state index in [9.17, 15) is 19.8 Å². The molecule has 0 amide bonds. The fourth-order valence-corrected chi connectivity index (χ4v) is 4.25. The van der Waals surface area contributed by atoms with E-state index in [-0.39, 0.29) is 35.7 Å². The average molecular weight is 441 g/mol. The van der Waals surface area contributed by atoms with Crippen LogP contribution in [0.4, 0.5) is 5.69 Å². The van der Waals surface area contributed by atoms with Gasteiger partial charge >= 0.3 is 5.97 Å². The zero-order chi connectivity index (χ0) is 22.8. The summed E-state index contributed by atoms with van der Waals surface area (Å²) in [6, 6.07) is 11.2. The van der Waals surface area contributed by atoms with Crippen molar-refractivity contribution in [3.8, 4) is 5.75 Å². The molecular formula is C24H27NO7. The molecule has 2 N–H and O–H groups in total.